The minimum atomic E-state index is -0.781. The largest absolute Gasteiger partial charge is 0.481 e. The molecule has 5 heteroatoms. The maximum Gasteiger partial charge on any atom is 0.303 e. The third kappa shape index (κ3) is 3.85. The molecule has 0 aliphatic heterocycles. The van der Waals surface area contributed by atoms with Crippen LogP contribution in [0.4, 0.5) is 0 Å². The van der Waals surface area contributed by atoms with Crippen molar-refractivity contribution in [1.82, 2.24) is 5.32 Å². The van der Waals surface area contributed by atoms with Crippen LogP contribution in [0.2, 0.25) is 0 Å². The number of unbranched alkanes of at least 4 members (excludes halogenated alkanes) is 2. The summed E-state index contributed by atoms with van der Waals surface area (Å²) in [6.45, 7) is 0.523. The molecule has 0 saturated heterocycles. The van der Waals surface area contributed by atoms with Crippen molar-refractivity contribution in [3.8, 4) is 0 Å². The van der Waals surface area contributed by atoms with E-state index in [0.717, 1.165) is 18.2 Å². The summed E-state index contributed by atoms with van der Waals surface area (Å²) in [5, 5.41) is 12.2. The fourth-order valence-electron chi connectivity index (χ4n) is 1.96. The predicted octanol–water partition coefficient (Wildman–Crippen LogP) is 2.81. The van der Waals surface area contributed by atoms with Crippen molar-refractivity contribution in [2.45, 2.75) is 25.7 Å². The van der Waals surface area contributed by atoms with Gasteiger partial charge < -0.3 is 14.8 Å². The number of rotatable bonds is 7. The van der Waals surface area contributed by atoms with Crippen molar-refractivity contribution in [3.63, 3.8) is 0 Å². The molecule has 2 N–H and O–H groups in total. The van der Waals surface area contributed by atoms with Crippen LogP contribution in [0.15, 0.2) is 34.7 Å². The number of furan rings is 1. The molecule has 0 atom stereocenters. The van der Waals surface area contributed by atoms with Crippen LogP contribution in [0.25, 0.3) is 11.0 Å². The zero-order valence-corrected chi connectivity index (χ0v) is 11.1. The molecule has 1 heterocycles. The number of amides is 1. The van der Waals surface area contributed by atoms with Crippen molar-refractivity contribution < 1.29 is 19.1 Å². The number of aliphatic carboxylic acids is 1. The zero-order valence-electron chi connectivity index (χ0n) is 11.1. The Morgan fingerprint density at radius 2 is 1.95 bits per heavy atom. The highest BCUT2D eigenvalue weighted by Gasteiger charge is 2.10. The van der Waals surface area contributed by atoms with E-state index in [-0.39, 0.29) is 12.3 Å². The van der Waals surface area contributed by atoms with Gasteiger partial charge in [-0.2, -0.15) is 0 Å². The highest BCUT2D eigenvalue weighted by molar-refractivity contribution is 5.95. The van der Waals surface area contributed by atoms with Crippen LogP contribution in [0, 0.1) is 0 Å². The lowest BCUT2D eigenvalue weighted by Gasteiger charge is -2.02. The van der Waals surface area contributed by atoms with Crippen molar-refractivity contribution in [1.29, 1.82) is 0 Å². The molecule has 0 spiro atoms. The number of hydrogen-bond acceptors (Lipinski definition) is 3. The van der Waals surface area contributed by atoms with Crippen molar-refractivity contribution in [2.75, 3.05) is 6.54 Å². The standard InChI is InChI=1S/C15H17NO4/c17-14(18)8-2-1-5-9-16-15(19)13-10-11-6-3-4-7-12(11)20-13/h3-4,6-7,10H,1-2,5,8-9H2,(H,16,19)(H,17,18). The van der Waals surface area contributed by atoms with Gasteiger partial charge in [0.05, 0.1) is 0 Å². The predicted molar refractivity (Wildman–Crippen MR) is 74.7 cm³/mol. The first kappa shape index (κ1) is 14.1. The summed E-state index contributed by atoms with van der Waals surface area (Å²) in [7, 11) is 0. The van der Waals surface area contributed by atoms with Gasteiger partial charge in [-0.3, -0.25) is 9.59 Å². The molecule has 0 bridgehead atoms. The normalized spacial score (nSPS) is 10.6. The van der Waals surface area contributed by atoms with Gasteiger partial charge in [-0.05, 0) is 25.0 Å². The first-order chi connectivity index (χ1) is 9.66. The van der Waals surface area contributed by atoms with Gasteiger partial charge in [-0.25, -0.2) is 0 Å². The zero-order chi connectivity index (χ0) is 14.4. The number of carboxylic acids is 1. The monoisotopic (exact) mass is 275 g/mol. The highest BCUT2D eigenvalue weighted by Crippen LogP contribution is 2.18. The van der Waals surface area contributed by atoms with E-state index >= 15 is 0 Å². The minimum Gasteiger partial charge on any atom is -0.481 e. The summed E-state index contributed by atoms with van der Waals surface area (Å²) in [5.41, 5.74) is 0.694. The minimum absolute atomic E-state index is 0.178. The van der Waals surface area contributed by atoms with E-state index in [2.05, 4.69) is 5.32 Å². The Hall–Kier alpha value is -2.30. The number of benzene rings is 1. The van der Waals surface area contributed by atoms with Crippen LogP contribution in [0.3, 0.4) is 0 Å². The molecule has 0 radical (unpaired) electrons. The number of hydrogen-bond donors (Lipinski definition) is 2. The van der Waals surface area contributed by atoms with E-state index in [4.69, 9.17) is 9.52 Å². The van der Waals surface area contributed by atoms with Gasteiger partial charge in [0.2, 0.25) is 0 Å². The van der Waals surface area contributed by atoms with Gasteiger partial charge in [0, 0.05) is 18.4 Å². The second-order valence-electron chi connectivity index (χ2n) is 4.61. The molecular weight excluding hydrogens is 258 g/mol. The smallest absolute Gasteiger partial charge is 0.303 e. The molecule has 106 valence electrons. The Labute approximate surface area is 116 Å². The summed E-state index contributed by atoms with van der Waals surface area (Å²) in [6, 6.07) is 9.17. The molecule has 0 saturated carbocycles. The maximum absolute atomic E-state index is 11.9. The Bertz CT molecular complexity index is 570. The van der Waals surface area contributed by atoms with Crippen molar-refractivity contribution in [3.05, 3.63) is 36.1 Å². The molecule has 2 aromatic rings. The second-order valence-corrected chi connectivity index (χ2v) is 4.61. The first-order valence-corrected chi connectivity index (χ1v) is 6.65. The molecule has 0 aliphatic carbocycles. The van der Waals surface area contributed by atoms with E-state index in [0.29, 0.717) is 24.3 Å². The van der Waals surface area contributed by atoms with E-state index in [1.54, 1.807) is 6.07 Å². The fourth-order valence-corrected chi connectivity index (χ4v) is 1.96. The lowest BCUT2D eigenvalue weighted by molar-refractivity contribution is -0.137. The van der Waals surface area contributed by atoms with Crippen molar-refractivity contribution in [2.24, 2.45) is 0 Å². The Morgan fingerprint density at radius 3 is 2.70 bits per heavy atom. The average molecular weight is 275 g/mol. The molecule has 20 heavy (non-hydrogen) atoms. The van der Waals surface area contributed by atoms with Gasteiger partial charge in [0.25, 0.3) is 5.91 Å². The summed E-state index contributed by atoms with van der Waals surface area (Å²) in [5.74, 6) is -0.715. The Morgan fingerprint density at radius 1 is 1.15 bits per heavy atom. The highest BCUT2D eigenvalue weighted by atomic mass is 16.4. The molecule has 0 fully saturated rings. The van der Waals surface area contributed by atoms with Crippen LogP contribution in [0.1, 0.15) is 36.2 Å². The second kappa shape index (κ2) is 6.75. The van der Waals surface area contributed by atoms with E-state index in [1.807, 2.05) is 24.3 Å². The Balaban J connectivity index is 1.76. The number of carbonyl (C=O) groups is 2. The number of para-hydroxylation sites is 1. The molecule has 1 aromatic heterocycles. The molecule has 1 aromatic carbocycles. The van der Waals surface area contributed by atoms with Crippen LogP contribution in [-0.2, 0) is 4.79 Å². The third-order valence-electron chi connectivity index (χ3n) is 3.00. The lowest BCUT2D eigenvalue weighted by atomic mass is 10.2. The fraction of sp³-hybridized carbons (Fsp3) is 0.333. The van der Waals surface area contributed by atoms with Crippen molar-refractivity contribution >= 4 is 22.8 Å². The van der Waals surface area contributed by atoms with Gasteiger partial charge in [0.15, 0.2) is 5.76 Å². The van der Waals surface area contributed by atoms with Gasteiger partial charge in [0.1, 0.15) is 5.58 Å². The molecule has 5 nitrogen and oxygen atoms in total. The molecule has 1 amide bonds. The maximum atomic E-state index is 11.9. The quantitative estimate of drug-likeness (QED) is 0.761. The SMILES string of the molecule is O=C(O)CCCCCNC(=O)c1cc2ccccc2o1. The van der Waals surface area contributed by atoms with Crippen LogP contribution >= 0.6 is 0 Å². The van der Waals surface area contributed by atoms with Gasteiger partial charge >= 0.3 is 5.97 Å². The lowest BCUT2D eigenvalue weighted by Crippen LogP contribution is -2.23. The molecule has 0 unspecified atom stereocenters. The average Bonchev–Trinajstić information content (AvgIpc) is 2.86. The summed E-state index contributed by atoms with van der Waals surface area (Å²) in [4.78, 5) is 22.2. The molecular formula is C15H17NO4. The van der Waals surface area contributed by atoms with E-state index < -0.39 is 5.97 Å². The van der Waals surface area contributed by atoms with Crippen LogP contribution < -0.4 is 5.32 Å². The number of carbonyl (C=O) groups excluding carboxylic acids is 1. The van der Waals surface area contributed by atoms with Gasteiger partial charge in [-0.1, -0.05) is 24.6 Å². The van der Waals surface area contributed by atoms with Crippen LogP contribution in [0.5, 0.6) is 0 Å². The summed E-state index contributed by atoms with van der Waals surface area (Å²) >= 11 is 0. The van der Waals surface area contributed by atoms with Crippen LogP contribution in [-0.4, -0.2) is 23.5 Å². The summed E-state index contributed by atoms with van der Waals surface area (Å²) < 4.78 is 5.45. The number of carboxylic acid groups (broad SMARTS) is 1. The Kier molecular flexibility index (Phi) is 4.76. The number of fused-ring (bicyclic) bond motifs is 1. The summed E-state index contributed by atoms with van der Waals surface area (Å²) in [6.07, 6.45) is 2.36. The first-order valence-electron chi connectivity index (χ1n) is 6.65. The van der Waals surface area contributed by atoms with E-state index in [9.17, 15) is 9.59 Å². The molecule has 2 rings (SSSR count). The molecule has 0 aliphatic rings. The topological polar surface area (TPSA) is 79.5 Å². The van der Waals surface area contributed by atoms with E-state index in [1.165, 1.54) is 0 Å². The third-order valence-corrected chi connectivity index (χ3v) is 3.00. The van der Waals surface area contributed by atoms with Gasteiger partial charge in [-0.15, -0.1) is 0 Å². The number of nitrogens with one attached hydrogen (secondary N) is 1.